The van der Waals surface area contributed by atoms with Crippen molar-refractivity contribution < 1.29 is 4.39 Å². The first-order valence-electron chi connectivity index (χ1n) is 4.91. The Hall–Kier alpha value is -2.05. The maximum Gasteiger partial charge on any atom is 0.143 e. The molecular formula is C13H8ClFN2. The maximum atomic E-state index is 13.3. The van der Waals surface area contributed by atoms with Crippen LogP contribution in [0.4, 0.5) is 15.8 Å². The van der Waals surface area contributed by atoms with Gasteiger partial charge in [-0.05, 0) is 42.5 Å². The Morgan fingerprint density at radius 3 is 2.29 bits per heavy atom. The number of benzene rings is 2. The van der Waals surface area contributed by atoms with E-state index in [1.54, 1.807) is 36.4 Å². The topological polar surface area (TPSA) is 35.8 Å². The quantitative estimate of drug-likeness (QED) is 0.866. The highest BCUT2D eigenvalue weighted by atomic mass is 35.5. The molecule has 0 aliphatic heterocycles. The fraction of sp³-hybridized carbons (Fsp3) is 0. The first-order valence-corrected chi connectivity index (χ1v) is 5.29. The number of halogens is 2. The lowest BCUT2D eigenvalue weighted by Crippen LogP contribution is -1.92. The fourth-order valence-electron chi connectivity index (χ4n) is 1.38. The molecule has 2 rings (SSSR count). The van der Waals surface area contributed by atoms with Gasteiger partial charge in [0.2, 0.25) is 0 Å². The van der Waals surface area contributed by atoms with Crippen LogP contribution >= 0.6 is 11.6 Å². The zero-order valence-electron chi connectivity index (χ0n) is 8.74. The molecule has 2 nitrogen and oxygen atoms in total. The third kappa shape index (κ3) is 2.74. The van der Waals surface area contributed by atoms with Gasteiger partial charge in [0, 0.05) is 16.4 Å². The van der Waals surface area contributed by atoms with Gasteiger partial charge in [-0.3, -0.25) is 0 Å². The number of nitrogens with one attached hydrogen (secondary N) is 1. The summed E-state index contributed by atoms with van der Waals surface area (Å²) < 4.78 is 13.3. The summed E-state index contributed by atoms with van der Waals surface area (Å²) in [6.45, 7) is 0. The van der Waals surface area contributed by atoms with E-state index in [0.717, 1.165) is 5.69 Å². The third-order valence-corrected chi connectivity index (χ3v) is 2.47. The molecule has 17 heavy (non-hydrogen) atoms. The highest BCUT2D eigenvalue weighted by molar-refractivity contribution is 6.30. The summed E-state index contributed by atoms with van der Waals surface area (Å²) in [6.07, 6.45) is 0. The SMILES string of the molecule is N#Cc1ccc(Nc2ccc(Cl)cc2)cc1F. The number of hydrogen-bond donors (Lipinski definition) is 1. The molecule has 0 bridgehead atoms. The third-order valence-electron chi connectivity index (χ3n) is 2.22. The standard InChI is InChI=1S/C13H8ClFN2/c14-10-2-5-11(6-3-10)17-12-4-1-9(8-16)13(15)7-12/h1-7,17H. The molecule has 0 amide bonds. The molecule has 84 valence electrons. The molecule has 4 heteroatoms. The van der Waals surface area contributed by atoms with Gasteiger partial charge in [0.15, 0.2) is 0 Å². The molecule has 0 aromatic heterocycles. The van der Waals surface area contributed by atoms with Crippen molar-refractivity contribution in [1.82, 2.24) is 0 Å². The van der Waals surface area contributed by atoms with Crippen molar-refractivity contribution in [2.75, 3.05) is 5.32 Å². The number of hydrogen-bond acceptors (Lipinski definition) is 2. The van der Waals surface area contributed by atoms with Gasteiger partial charge in [0.05, 0.1) is 5.56 Å². The number of nitriles is 1. The van der Waals surface area contributed by atoms with Crippen LogP contribution in [0.2, 0.25) is 5.02 Å². The van der Waals surface area contributed by atoms with Crippen LogP contribution in [0, 0.1) is 17.1 Å². The minimum absolute atomic E-state index is 0.0339. The van der Waals surface area contributed by atoms with E-state index in [1.807, 2.05) is 0 Å². The molecule has 0 aliphatic rings. The first kappa shape index (κ1) is 11.4. The molecular weight excluding hydrogens is 239 g/mol. The van der Waals surface area contributed by atoms with Gasteiger partial charge in [-0.15, -0.1) is 0 Å². The van der Waals surface area contributed by atoms with Crippen molar-refractivity contribution in [2.24, 2.45) is 0 Å². The zero-order valence-corrected chi connectivity index (χ0v) is 9.50. The van der Waals surface area contributed by atoms with Crippen molar-refractivity contribution in [3.8, 4) is 6.07 Å². The predicted octanol–water partition coefficient (Wildman–Crippen LogP) is 4.09. The first-order chi connectivity index (χ1) is 8.19. The minimum Gasteiger partial charge on any atom is -0.355 e. The van der Waals surface area contributed by atoms with E-state index in [1.165, 1.54) is 12.1 Å². The minimum atomic E-state index is -0.536. The van der Waals surface area contributed by atoms with Crippen LogP contribution in [-0.2, 0) is 0 Å². The second-order valence-corrected chi connectivity index (χ2v) is 3.87. The van der Waals surface area contributed by atoms with Crippen LogP contribution in [0.3, 0.4) is 0 Å². The molecule has 0 spiro atoms. The number of rotatable bonds is 2. The monoisotopic (exact) mass is 246 g/mol. The molecule has 2 aromatic carbocycles. The van der Waals surface area contributed by atoms with E-state index in [2.05, 4.69) is 5.32 Å². The molecule has 0 heterocycles. The van der Waals surface area contributed by atoms with Crippen molar-refractivity contribution in [3.63, 3.8) is 0 Å². The lowest BCUT2D eigenvalue weighted by molar-refractivity contribution is 0.624. The van der Waals surface area contributed by atoms with E-state index in [0.29, 0.717) is 10.7 Å². The summed E-state index contributed by atoms with van der Waals surface area (Å²) in [5, 5.41) is 12.3. The van der Waals surface area contributed by atoms with E-state index in [9.17, 15) is 4.39 Å². The number of nitrogens with zero attached hydrogens (tertiary/aromatic N) is 1. The molecule has 0 radical (unpaired) electrons. The average Bonchev–Trinajstić information content (AvgIpc) is 2.32. The molecule has 0 fully saturated rings. The van der Waals surface area contributed by atoms with Crippen LogP contribution in [0.1, 0.15) is 5.56 Å². The Morgan fingerprint density at radius 2 is 1.71 bits per heavy atom. The molecule has 0 saturated heterocycles. The second-order valence-electron chi connectivity index (χ2n) is 3.44. The summed E-state index contributed by atoms with van der Waals surface area (Å²) in [7, 11) is 0. The van der Waals surface area contributed by atoms with Gasteiger partial charge in [-0.1, -0.05) is 11.6 Å². The van der Waals surface area contributed by atoms with Gasteiger partial charge in [-0.2, -0.15) is 5.26 Å². The summed E-state index contributed by atoms with van der Waals surface area (Å²) in [5.41, 5.74) is 1.42. The van der Waals surface area contributed by atoms with E-state index in [4.69, 9.17) is 16.9 Å². The van der Waals surface area contributed by atoms with Crippen LogP contribution in [0.5, 0.6) is 0 Å². The molecule has 0 aliphatic carbocycles. The second kappa shape index (κ2) is 4.86. The Bertz CT molecular complexity index is 573. The summed E-state index contributed by atoms with van der Waals surface area (Å²) in [5.74, 6) is -0.536. The van der Waals surface area contributed by atoms with Crippen LogP contribution in [0.25, 0.3) is 0 Å². The molecule has 1 N–H and O–H groups in total. The molecule has 2 aromatic rings. The van der Waals surface area contributed by atoms with Crippen LogP contribution in [-0.4, -0.2) is 0 Å². The molecule has 0 unspecified atom stereocenters. The van der Waals surface area contributed by atoms with Crippen molar-refractivity contribution in [1.29, 1.82) is 5.26 Å². The van der Waals surface area contributed by atoms with Crippen molar-refractivity contribution in [3.05, 3.63) is 58.9 Å². The normalized spacial score (nSPS) is 9.71. The van der Waals surface area contributed by atoms with Gasteiger partial charge in [0.25, 0.3) is 0 Å². The Morgan fingerprint density at radius 1 is 1.06 bits per heavy atom. The highest BCUT2D eigenvalue weighted by Crippen LogP contribution is 2.20. The lowest BCUT2D eigenvalue weighted by atomic mass is 10.2. The van der Waals surface area contributed by atoms with E-state index < -0.39 is 5.82 Å². The lowest BCUT2D eigenvalue weighted by Gasteiger charge is -2.06. The molecule has 0 atom stereocenters. The molecule has 0 saturated carbocycles. The predicted molar refractivity (Wildman–Crippen MR) is 65.8 cm³/mol. The fourth-order valence-corrected chi connectivity index (χ4v) is 1.51. The van der Waals surface area contributed by atoms with Crippen LogP contribution < -0.4 is 5.32 Å². The number of anilines is 2. The average molecular weight is 247 g/mol. The van der Waals surface area contributed by atoms with Crippen molar-refractivity contribution in [2.45, 2.75) is 0 Å². The van der Waals surface area contributed by atoms with E-state index >= 15 is 0 Å². The summed E-state index contributed by atoms with van der Waals surface area (Å²) in [4.78, 5) is 0. The Balaban J connectivity index is 2.22. The van der Waals surface area contributed by atoms with Crippen LogP contribution in [0.15, 0.2) is 42.5 Å². The van der Waals surface area contributed by atoms with Gasteiger partial charge in [0.1, 0.15) is 11.9 Å². The summed E-state index contributed by atoms with van der Waals surface area (Å²) in [6, 6.07) is 13.2. The smallest absolute Gasteiger partial charge is 0.143 e. The van der Waals surface area contributed by atoms with E-state index in [-0.39, 0.29) is 5.56 Å². The van der Waals surface area contributed by atoms with Crippen molar-refractivity contribution >= 4 is 23.0 Å². The van der Waals surface area contributed by atoms with Gasteiger partial charge >= 0.3 is 0 Å². The summed E-state index contributed by atoms with van der Waals surface area (Å²) >= 11 is 5.76. The zero-order chi connectivity index (χ0) is 12.3. The Labute approximate surface area is 103 Å². The van der Waals surface area contributed by atoms with Gasteiger partial charge in [-0.25, -0.2) is 4.39 Å². The largest absolute Gasteiger partial charge is 0.355 e. The maximum absolute atomic E-state index is 13.3. The van der Waals surface area contributed by atoms with Gasteiger partial charge < -0.3 is 5.32 Å². The highest BCUT2D eigenvalue weighted by Gasteiger charge is 2.02. The Kier molecular flexibility index (Phi) is 3.27.